The number of benzene rings is 2. The van der Waals surface area contributed by atoms with E-state index in [0.717, 1.165) is 0 Å². The summed E-state index contributed by atoms with van der Waals surface area (Å²) >= 11 is 0. The monoisotopic (exact) mass is 244 g/mol. The molecule has 0 aromatic heterocycles. The second kappa shape index (κ2) is 5.36. The Morgan fingerprint density at radius 1 is 0.833 bits per heavy atom. The number of halogens is 2. The van der Waals surface area contributed by atoms with Crippen molar-refractivity contribution in [3.8, 4) is 0 Å². The molecule has 0 atom stereocenters. The molecule has 0 fully saturated rings. The van der Waals surface area contributed by atoms with Crippen LogP contribution in [0.15, 0.2) is 48.5 Å². The number of hydrogen-bond acceptors (Lipinski definition) is 1. The molecule has 2 rings (SSSR count). The molecule has 2 aromatic rings. The van der Waals surface area contributed by atoms with Crippen molar-refractivity contribution in [2.24, 2.45) is 0 Å². The topological polar surface area (TPSA) is 17.1 Å². The van der Waals surface area contributed by atoms with E-state index in [1.54, 1.807) is 18.2 Å². The first kappa shape index (κ1) is 12.2. The minimum atomic E-state index is -0.356. The van der Waals surface area contributed by atoms with Crippen molar-refractivity contribution in [2.75, 3.05) is 0 Å². The highest BCUT2D eigenvalue weighted by Gasteiger charge is 2.01. The average molecular weight is 244 g/mol. The lowest BCUT2D eigenvalue weighted by atomic mass is 10.0. The van der Waals surface area contributed by atoms with E-state index in [1.165, 1.54) is 36.4 Å². The van der Waals surface area contributed by atoms with Crippen LogP contribution in [0.2, 0.25) is 0 Å². The van der Waals surface area contributed by atoms with Crippen molar-refractivity contribution in [1.29, 1.82) is 0 Å². The molecular weight excluding hydrogens is 234 g/mol. The zero-order valence-corrected chi connectivity index (χ0v) is 9.44. The van der Waals surface area contributed by atoms with Crippen LogP contribution in [-0.4, -0.2) is 6.29 Å². The Balaban J connectivity index is 2.36. The zero-order chi connectivity index (χ0) is 13.0. The fraction of sp³-hybridized carbons (Fsp3) is 0. The van der Waals surface area contributed by atoms with Crippen LogP contribution in [0.3, 0.4) is 0 Å². The molecule has 1 nitrogen and oxygen atoms in total. The summed E-state index contributed by atoms with van der Waals surface area (Å²) < 4.78 is 25.5. The third-order valence-electron chi connectivity index (χ3n) is 2.50. The second-order valence-corrected chi connectivity index (χ2v) is 3.78. The molecule has 0 saturated heterocycles. The van der Waals surface area contributed by atoms with Gasteiger partial charge < -0.3 is 0 Å². The molecule has 90 valence electrons. The summed E-state index contributed by atoms with van der Waals surface area (Å²) in [6.07, 6.45) is 2.32. The van der Waals surface area contributed by atoms with E-state index in [0.29, 0.717) is 23.0 Å². The number of allylic oxidation sites excluding steroid dienone is 1. The van der Waals surface area contributed by atoms with Gasteiger partial charge in [0.15, 0.2) is 6.29 Å². The Morgan fingerprint density at radius 2 is 1.33 bits per heavy atom. The normalized spacial score (nSPS) is 11.3. The molecule has 18 heavy (non-hydrogen) atoms. The van der Waals surface area contributed by atoms with Crippen molar-refractivity contribution >= 4 is 17.9 Å². The molecule has 0 aliphatic carbocycles. The molecule has 0 saturated carbocycles. The molecule has 2 aromatic carbocycles. The quantitative estimate of drug-likeness (QED) is 0.457. The van der Waals surface area contributed by atoms with Crippen molar-refractivity contribution in [2.45, 2.75) is 0 Å². The first-order valence-corrected chi connectivity index (χ1v) is 5.37. The summed E-state index contributed by atoms with van der Waals surface area (Å²) in [6.45, 7) is 0. The maximum Gasteiger partial charge on any atom is 0.150 e. The van der Waals surface area contributed by atoms with Gasteiger partial charge in [-0.15, -0.1) is 0 Å². The summed E-state index contributed by atoms with van der Waals surface area (Å²) in [6, 6.07) is 11.4. The van der Waals surface area contributed by atoms with Crippen LogP contribution in [0.25, 0.3) is 11.6 Å². The highest BCUT2D eigenvalue weighted by atomic mass is 19.1. The van der Waals surface area contributed by atoms with Crippen LogP contribution in [0.4, 0.5) is 8.78 Å². The largest absolute Gasteiger partial charge is 0.298 e. The van der Waals surface area contributed by atoms with Gasteiger partial charge in [-0.25, -0.2) is 8.78 Å². The molecule has 3 heteroatoms. The van der Waals surface area contributed by atoms with Crippen LogP contribution >= 0.6 is 0 Å². The maximum atomic E-state index is 12.8. The van der Waals surface area contributed by atoms with Crippen LogP contribution in [0.1, 0.15) is 11.1 Å². The van der Waals surface area contributed by atoms with Gasteiger partial charge in [0.25, 0.3) is 0 Å². The summed E-state index contributed by atoms with van der Waals surface area (Å²) in [5, 5.41) is 0. The van der Waals surface area contributed by atoms with Crippen LogP contribution in [0, 0.1) is 11.6 Å². The Kier molecular flexibility index (Phi) is 3.63. The lowest BCUT2D eigenvalue weighted by Crippen LogP contribution is -1.87. The van der Waals surface area contributed by atoms with Crippen molar-refractivity contribution in [3.63, 3.8) is 0 Å². The fourth-order valence-corrected chi connectivity index (χ4v) is 1.57. The average Bonchev–Trinajstić information content (AvgIpc) is 2.39. The molecular formula is C15H10F2O. The lowest BCUT2D eigenvalue weighted by molar-refractivity contribution is -0.103. The van der Waals surface area contributed by atoms with Crippen LogP contribution in [-0.2, 0) is 4.79 Å². The minimum absolute atomic E-state index is 0.332. The summed E-state index contributed by atoms with van der Waals surface area (Å²) in [5.74, 6) is -0.688. The van der Waals surface area contributed by atoms with E-state index < -0.39 is 0 Å². The maximum absolute atomic E-state index is 12.8. The molecule has 0 N–H and O–H groups in total. The summed E-state index contributed by atoms with van der Waals surface area (Å²) in [4.78, 5) is 11.0. The third-order valence-corrected chi connectivity index (χ3v) is 2.50. The molecule has 0 amide bonds. The first-order chi connectivity index (χ1) is 8.69. The van der Waals surface area contributed by atoms with Crippen molar-refractivity contribution in [1.82, 2.24) is 0 Å². The van der Waals surface area contributed by atoms with Crippen LogP contribution in [0.5, 0.6) is 0 Å². The Hall–Kier alpha value is -2.29. The minimum Gasteiger partial charge on any atom is -0.298 e. The van der Waals surface area contributed by atoms with Crippen molar-refractivity contribution in [3.05, 3.63) is 71.3 Å². The number of hydrogen-bond donors (Lipinski definition) is 0. The van der Waals surface area contributed by atoms with Gasteiger partial charge in [-0.05, 0) is 41.5 Å². The number of carbonyl (C=O) groups is 1. The highest BCUT2D eigenvalue weighted by Crippen LogP contribution is 2.17. The van der Waals surface area contributed by atoms with Crippen LogP contribution < -0.4 is 0 Å². The summed E-state index contributed by atoms with van der Waals surface area (Å²) in [7, 11) is 0. The molecule has 0 unspecified atom stereocenters. The number of carbonyl (C=O) groups excluding carboxylic acids is 1. The van der Waals surface area contributed by atoms with E-state index in [1.807, 2.05) is 0 Å². The lowest BCUT2D eigenvalue weighted by Gasteiger charge is -2.01. The molecule has 0 bridgehead atoms. The number of rotatable bonds is 3. The molecule has 0 aliphatic heterocycles. The van der Waals surface area contributed by atoms with Gasteiger partial charge in [0.1, 0.15) is 11.6 Å². The molecule has 0 spiro atoms. The SMILES string of the molecule is O=C/C(=C/c1ccc(F)cc1)c1ccc(F)cc1. The van der Waals surface area contributed by atoms with E-state index in [9.17, 15) is 13.6 Å². The van der Waals surface area contributed by atoms with Gasteiger partial charge >= 0.3 is 0 Å². The third kappa shape index (κ3) is 2.88. The number of aldehydes is 1. The Bertz CT molecular complexity index is 568. The van der Waals surface area contributed by atoms with E-state index in [4.69, 9.17) is 0 Å². The van der Waals surface area contributed by atoms with E-state index in [2.05, 4.69) is 0 Å². The van der Waals surface area contributed by atoms with Gasteiger partial charge in [0, 0.05) is 5.57 Å². The molecule has 0 radical (unpaired) electrons. The standard InChI is InChI=1S/C15H10F2O/c16-14-5-1-11(2-6-14)9-13(10-18)12-3-7-15(17)8-4-12/h1-10H/b13-9-. The van der Waals surface area contributed by atoms with Gasteiger partial charge in [0.05, 0.1) is 0 Å². The summed E-state index contributed by atoms with van der Waals surface area (Å²) in [5.41, 5.74) is 1.75. The Labute approximate surface area is 103 Å². The van der Waals surface area contributed by atoms with Gasteiger partial charge in [-0.2, -0.15) is 0 Å². The van der Waals surface area contributed by atoms with Crippen molar-refractivity contribution < 1.29 is 13.6 Å². The molecule has 0 aliphatic rings. The second-order valence-electron chi connectivity index (χ2n) is 3.78. The van der Waals surface area contributed by atoms with Gasteiger partial charge in [-0.1, -0.05) is 24.3 Å². The Morgan fingerprint density at radius 3 is 1.83 bits per heavy atom. The van der Waals surface area contributed by atoms with E-state index >= 15 is 0 Å². The zero-order valence-electron chi connectivity index (χ0n) is 9.44. The first-order valence-electron chi connectivity index (χ1n) is 5.37. The van der Waals surface area contributed by atoms with Gasteiger partial charge in [0.2, 0.25) is 0 Å². The fourth-order valence-electron chi connectivity index (χ4n) is 1.57. The van der Waals surface area contributed by atoms with E-state index in [-0.39, 0.29) is 11.6 Å². The smallest absolute Gasteiger partial charge is 0.150 e. The predicted octanol–water partition coefficient (Wildman–Crippen LogP) is 3.70. The predicted molar refractivity (Wildman–Crippen MR) is 66.7 cm³/mol. The van der Waals surface area contributed by atoms with Gasteiger partial charge in [-0.3, -0.25) is 4.79 Å². The molecule has 0 heterocycles. The highest BCUT2D eigenvalue weighted by molar-refractivity contribution is 6.13.